The molecule has 8 heteroatoms. The Balaban J connectivity index is 1.94. The molecule has 138 valence electrons. The molecule has 0 saturated carbocycles. The van der Waals surface area contributed by atoms with E-state index in [1.54, 1.807) is 37.3 Å². The van der Waals surface area contributed by atoms with Crippen LogP contribution in [0, 0.1) is 5.82 Å². The monoisotopic (exact) mass is 374 g/mol. The number of hydrazone groups is 1. The summed E-state index contributed by atoms with van der Waals surface area (Å²) in [5.74, 6) is -0.558. The lowest BCUT2D eigenvalue weighted by molar-refractivity contribution is -0.141. The third-order valence-electron chi connectivity index (χ3n) is 3.65. The van der Waals surface area contributed by atoms with Crippen LogP contribution in [0.1, 0.15) is 18.2 Å². The van der Waals surface area contributed by atoms with Crippen LogP contribution in [0.25, 0.3) is 11.4 Å². The van der Waals surface area contributed by atoms with E-state index in [2.05, 4.69) is 20.5 Å². The first-order valence-electron chi connectivity index (χ1n) is 7.91. The molecule has 0 amide bonds. The molecule has 2 aromatic carbocycles. The number of hydrogen-bond acceptors (Lipinski definition) is 4. The molecule has 0 atom stereocenters. The van der Waals surface area contributed by atoms with Gasteiger partial charge in [0.1, 0.15) is 5.82 Å². The molecule has 0 saturated heterocycles. The van der Waals surface area contributed by atoms with Crippen LogP contribution in [0.2, 0.25) is 0 Å². The Morgan fingerprint density at radius 2 is 1.63 bits per heavy atom. The van der Waals surface area contributed by atoms with Gasteiger partial charge in [0.05, 0.1) is 5.71 Å². The van der Waals surface area contributed by atoms with Gasteiger partial charge in [0.2, 0.25) is 0 Å². The average molecular weight is 374 g/mol. The van der Waals surface area contributed by atoms with Gasteiger partial charge in [0, 0.05) is 11.6 Å². The minimum atomic E-state index is -4.63. The van der Waals surface area contributed by atoms with Crippen LogP contribution in [-0.4, -0.2) is 15.7 Å². The summed E-state index contributed by atoms with van der Waals surface area (Å²) in [5.41, 5.74) is 2.98. The van der Waals surface area contributed by atoms with E-state index in [9.17, 15) is 17.6 Å². The highest BCUT2D eigenvalue weighted by molar-refractivity contribution is 5.99. The molecule has 0 radical (unpaired) electrons. The number of aromatic nitrogens is 2. The van der Waals surface area contributed by atoms with E-state index in [1.165, 1.54) is 24.3 Å². The van der Waals surface area contributed by atoms with Crippen LogP contribution in [0.15, 0.2) is 65.8 Å². The largest absolute Gasteiger partial charge is 0.433 e. The van der Waals surface area contributed by atoms with Crippen molar-refractivity contribution in [3.8, 4) is 11.4 Å². The van der Waals surface area contributed by atoms with Crippen molar-refractivity contribution in [3.63, 3.8) is 0 Å². The number of nitrogens with zero attached hydrogens (tertiary/aromatic N) is 3. The molecule has 3 rings (SSSR count). The Morgan fingerprint density at radius 1 is 0.963 bits per heavy atom. The molecule has 0 aliphatic rings. The lowest BCUT2D eigenvalue weighted by atomic mass is 10.1. The number of halogens is 4. The zero-order valence-electron chi connectivity index (χ0n) is 14.1. The Hall–Kier alpha value is -3.29. The minimum absolute atomic E-state index is 0.0671. The summed E-state index contributed by atoms with van der Waals surface area (Å²) in [6.07, 6.45) is -4.63. The quantitative estimate of drug-likeness (QED) is 0.391. The first-order chi connectivity index (χ1) is 12.8. The van der Waals surface area contributed by atoms with Gasteiger partial charge >= 0.3 is 6.18 Å². The van der Waals surface area contributed by atoms with Crippen LogP contribution in [0.4, 0.5) is 23.4 Å². The molecule has 1 N–H and O–H groups in total. The molecule has 3 aromatic rings. The van der Waals surface area contributed by atoms with Crippen LogP contribution in [-0.2, 0) is 6.18 Å². The summed E-state index contributed by atoms with van der Waals surface area (Å²) in [6.45, 7) is 1.64. The average Bonchev–Trinajstić information content (AvgIpc) is 2.66. The van der Waals surface area contributed by atoms with Gasteiger partial charge < -0.3 is 0 Å². The van der Waals surface area contributed by atoms with E-state index in [0.717, 1.165) is 6.07 Å². The predicted molar refractivity (Wildman–Crippen MR) is 94.7 cm³/mol. The number of alkyl halides is 3. The van der Waals surface area contributed by atoms with Gasteiger partial charge in [-0.1, -0.05) is 42.5 Å². The number of rotatable bonds is 4. The fourth-order valence-corrected chi connectivity index (χ4v) is 2.26. The lowest BCUT2D eigenvalue weighted by Gasteiger charge is -2.10. The second-order valence-electron chi connectivity index (χ2n) is 5.64. The first-order valence-corrected chi connectivity index (χ1v) is 7.91. The molecule has 0 aliphatic carbocycles. The predicted octanol–water partition coefficient (Wildman–Crippen LogP) is 5.14. The van der Waals surface area contributed by atoms with Gasteiger partial charge in [-0.15, -0.1) is 0 Å². The Morgan fingerprint density at radius 3 is 2.26 bits per heavy atom. The van der Waals surface area contributed by atoms with Crippen molar-refractivity contribution in [2.45, 2.75) is 13.1 Å². The van der Waals surface area contributed by atoms with Crippen LogP contribution in [0.5, 0.6) is 0 Å². The number of benzene rings is 2. The van der Waals surface area contributed by atoms with E-state index in [0.29, 0.717) is 16.8 Å². The van der Waals surface area contributed by atoms with Gasteiger partial charge in [-0.2, -0.15) is 18.3 Å². The van der Waals surface area contributed by atoms with E-state index in [-0.39, 0.29) is 11.6 Å². The maximum Gasteiger partial charge on any atom is 0.433 e. The van der Waals surface area contributed by atoms with E-state index >= 15 is 0 Å². The summed E-state index contributed by atoms with van der Waals surface area (Å²) >= 11 is 0. The zero-order valence-corrected chi connectivity index (χ0v) is 14.1. The smallest absolute Gasteiger partial charge is 0.261 e. The van der Waals surface area contributed by atoms with Crippen LogP contribution in [0.3, 0.4) is 0 Å². The van der Waals surface area contributed by atoms with Gasteiger partial charge in [-0.3, -0.25) is 5.43 Å². The third kappa shape index (κ3) is 4.66. The fourth-order valence-electron chi connectivity index (χ4n) is 2.26. The highest BCUT2D eigenvalue weighted by Gasteiger charge is 2.33. The topological polar surface area (TPSA) is 50.2 Å². The molecule has 27 heavy (non-hydrogen) atoms. The molecule has 1 aromatic heterocycles. The summed E-state index contributed by atoms with van der Waals surface area (Å²) in [5, 5.41) is 4.04. The summed E-state index contributed by atoms with van der Waals surface area (Å²) in [4.78, 5) is 7.71. The van der Waals surface area contributed by atoms with Gasteiger partial charge in [0.25, 0.3) is 0 Å². The number of anilines is 1. The normalized spacial score (nSPS) is 12.1. The second kappa shape index (κ2) is 7.53. The van der Waals surface area contributed by atoms with Crippen LogP contribution >= 0.6 is 0 Å². The molecule has 0 aliphatic heterocycles. The summed E-state index contributed by atoms with van der Waals surface area (Å²) in [6, 6.07) is 14.7. The van der Waals surface area contributed by atoms with Crippen molar-refractivity contribution in [3.05, 3.63) is 77.7 Å². The molecule has 0 unspecified atom stereocenters. The van der Waals surface area contributed by atoms with Crippen molar-refractivity contribution in [2.24, 2.45) is 5.10 Å². The maximum absolute atomic E-state index is 13.2. The molecule has 4 nitrogen and oxygen atoms in total. The molecule has 0 spiro atoms. The Kier molecular flexibility index (Phi) is 5.16. The first kappa shape index (κ1) is 18.5. The molecule has 1 heterocycles. The summed E-state index contributed by atoms with van der Waals surface area (Å²) in [7, 11) is 0. The van der Waals surface area contributed by atoms with Gasteiger partial charge in [0.15, 0.2) is 17.3 Å². The molecular formula is C19H14F4N4. The van der Waals surface area contributed by atoms with Crippen molar-refractivity contribution in [1.82, 2.24) is 9.97 Å². The summed E-state index contributed by atoms with van der Waals surface area (Å²) < 4.78 is 52.5. The third-order valence-corrected chi connectivity index (χ3v) is 3.65. The second-order valence-corrected chi connectivity index (χ2v) is 5.64. The van der Waals surface area contributed by atoms with E-state index < -0.39 is 17.7 Å². The zero-order chi connectivity index (χ0) is 19.4. The number of hydrogen-bond donors (Lipinski definition) is 1. The van der Waals surface area contributed by atoms with Gasteiger partial charge in [-0.05, 0) is 24.6 Å². The maximum atomic E-state index is 13.2. The van der Waals surface area contributed by atoms with Crippen molar-refractivity contribution in [2.75, 3.05) is 5.43 Å². The lowest BCUT2D eigenvalue weighted by Crippen LogP contribution is -2.11. The molecular weight excluding hydrogens is 360 g/mol. The van der Waals surface area contributed by atoms with Gasteiger partial charge in [-0.25, -0.2) is 14.4 Å². The fraction of sp³-hybridized carbons (Fsp3) is 0.105. The Bertz CT molecular complexity index is 952. The standard InChI is InChI=1S/C19H14F4N4/c1-12(13-7-9-15(20)10-8-13)26-27-17-11-16(19(21,22)23)24-18(25-17)14-5-3-2-4-6-14/h2-11H,1H3,(H,24,25,27)/b26-12+. The molecule has 0 bridgehead atoms. The highest BCUT2D eigenvalue weighted by atomic mass is 19.4. The van der Waals surface area contributed by atoms with Crippen molar-refractivity contribution < 1.29 is 17.6 Å². The highest BCUT2D eigenvalue weighted by Crippen LogP contribution is 2.30. The van der Waals surface area contributed by atoms with Crippen LogP contribution < -0.4 is 5.43 Å². The SMILES string of the molecule is C/C(=N\Nc1cc(C(F)(F)F)nc(-c2ccccc2)n1)c1ccc(F)cc1. The van der Waals surface area contributed by atoms with Crippen molar-refractivity contribution in [1.29, 1.82) is 0 Å². The molecule has 0 fully saturated rings. The number of nitrogens with one attached hydrogen (secondary N) is 1. The van der Waals surface area contributed by atoms with E-state index in [4.69, 9.17) is 0 Å². The van der Waals surface area contributed by atoms with Crippen molar-refractivity contribution >= 4 is 11.5 Å². The minimum Gasteiger partial charge on any atom is -0.261 e. The van der Waals surface area contributed by atoms with E-state index in [1.807, 2.05) is 0 Å². The Labute approximate surface area is 152 Å².